The molecule has 1 aliphatic rings. The minimum atomic E-state index is -0.402. The van der Waals surface area contributed by atoms with Gasteiger partial charge in [0.05, 0.1) is 72.4 Å². The smallest absolute Gasteiger partial charge is 0.274 e. The molecule has 0 spiro atoms. The fourth-order valence-electron chi connectivity index (χ4n) is 6.40. The van der Waals surface area contributed by atoms with Crippen molar-refractivity contribution < 1.29 is 33.4 Å². The number of aliphatic hydroxyl groups excluding tert-OH is 1. The Morgan fingerprint density at radius 2 is 1.54 bits per heavy atom. The number of nitrogens with two attached hydrogens (primary N) is 2. The van der Waals surface area contributed by atoms with Crippen molar-refractivity contribution in [3.63, 3.8) is 0 Å². The van der Waals surface area contributed by atoms with Gasteiger partial charge in [-0.2, -0.15) is 0 Å². The molecule has 4 rings (SSSR count). The Morgan fingerprint density at radius 3 is 2.18 bits per heavy atom. The van der Waals surface area contributed by atoms with E-state index in [1.165, 1.54) is 11.1 Å². The van der Waals surface area contributed by atoms with Crippen LogP contribution in [0.25, 0.3) is 0 Å². The lowest BCUT2D eigenvalue weighted by Gasteiger charge is -2.45. The predicted octanol–water partition coefficient (Wildman–Crippen LogP) is 3.03. The molecule has 1 saturated heterocycles. The number of hydrogen-bond donors (Lipinski definition) is 5. The van der Waals surface area contributed by atoms with Gasteiger partial charge in [0.2, 0.25) is 0 Å². The number of nitrogens with one attached hydrogen (secondary N) is 2. The van der Waals surface area contributed by atoms with Crippen molar-refractivity contribution in [1.82, 2.24) is 20.6 Å². The summed E-state index contributed by atoms with van der Waals surface area (Å²) in [5, 5.41) is 14.7. The first-order valence-corrected chi connectivity index (χ1v) is 17.6. The van der Waals surface area contributed by atoms with E-state index in [0.29, 0.717) is 31.9 Å². The highest BCUT2D eigenvalue weighted by molar-refractivity contribution is 6.31. The standard InChI is InChI=1S/C36H50ClN7O6/c1-48-30-14-10-27(11-15-30)6-3-18-44(19-4-7-29(25-44)41-36(47)31-33(38)43-34(39)32(37)42-31)17-2-5-26-8-12-28(13-9-26)35(46)40-16-21-49-23-24-50-22-20-45/h8-15,29,45H,2-7,16-25H2,1H3,(H5-,38,39,40,41,43,46,47)/p+1. The molecule has 1 fully saturated rings. The van der Waals surface area contributed by atoms with Gasteiger partial charge in [0.25, 0.3) is 11.8 Å². The van der Waals surface area contributed by atoms with E-state index in [1.54, 1.807) is 7.11 Å². The van der Waals surface area contributed by atoms with E-state index < -0.39 is 5.91 Å². The van der Waals surface area contributed by atoms with Crippen molar-refractivity contribution in [1.29, 1.82) is 0 Å². The lowest BCUT2D eigenvalue weighted by Crippen LogP contribution is -2.60. The number of piperidine rings is 1. The van der Waals surface area contributed by atoms with Gasteiger partial charge in [-0.1, -0.05) is 35.9 Å². The lowest BCUT2D eigenvalue weighted by molar-refractivity contribution is -0.933. The number of methoxy groups -OCH3 is 1. The molecule has 2 atom stereocenters. The molecular weight excluding hydrogens is 662 g/mol. The van der Waals surface area contributed by atoms with Crippen LogP contribution >= 0.6 is 11.6 Å². The van der Waals surface area contributed by atoms with Crippen LogP contribution < -0.4 is 26.8 Å². The Labute approximate surface area is 299 Å². The van der Waals surface area contributed by atoms with Crippen LogP contribution in [0, 0.1) is 0 Å². The van der Waals surface area contributed by atoms with E-state index in [9.17, 15) is 9.59 Å². The van der Waals surface area contributed by atoms with Crippen molar-refractivity contribution >= 4 is 35.1 Å². The zero-order valence-corrected chi connectivity index (χ0v) is 29.6. The number of likely N-dealkylation sites (tertiary alicyclic amines) is 1. The number of quaternary nitrogens is 1. The second-order valence-corrected chi connectivity index (χ2v) is 13.0. The summed E-state index contributed by atoms with van der Waals surface area (Å²) in [5.41, 5.74) is 14.7. The molecule has 1 aliphatic heterocycles. The predicted molar refractivity (Wildman–Crippen MR) is 193 cm³/mol. The Balaban J connectivity index is 1.32. The zero-order chi connectivity index (χ0) is 35.8. The summed E-state index contributed by atoms with van der Waals surface area (Å²) in [6.07, 6.45) is 5.62. The molecule has 2 unspecified atom stereocenters. The highest BCUT2D eigenvalue weighted by Gasteiger charge is 2.35. The van der Waals surface area contributed by atoms with Crippen LogP contribution in [0.3, 0.4) is 0 Å². The molecule has 7 N–H and O–H groups in total. The molecule has 14 heteroatoms. The normalized spacial score (nSPS) is 17.3. The Hall–Kier alpha value is -4.01. The van der Waals surface area contributed by atoms with E-state index in [4.69, 9.17) is 42.4 Å². The minimum absolute atomic E-state index is 0.0111. The first-order valence-electron chi connectivity index (χ1n) is 17.2. The fraction of sp³-hybridized carbons (Fsp3) is 0.500. The third-order valence-electron chi connectivity index (χ3n) is 8.96. The molecule has 13 nitrogen and oxygen atoms in total. The van der Waals surface area contributed by atoms with Gasteiger partial charge in [-0.05, 0) is 61.1 Å². The second-order valence-electron chi connectivity index (χ2n) is 12.6. The molecule has 2 heterocycles. The van der Waals surface area contributed by atoms with E-state index in [2.05, 4.69) is 32.7 Å². The Morgan fingerprint density at radius 1 is 0.900 bits per heavy atom. The first-order chi connectivity index (χ1) is 24.2. The van der Waals surface area contributed by atoms with Gasteiger partial charge in [0.15, 0.2) is 22.5 Å². The maximum atomic E-state index is 13.2. The number of aromatic nitrogens is 2. The molecule has 50 heavy (non-hydrogen) atoms. The number of halogens is 1. The summed E-state index contributed by atoms with van der Waals surface area (Å²) in [4.78, 5) is 33.9. The third-order valence-corrected chi connectivity index (χ3v) is 9.24. The zero-order valence-electron chi connectivity index (χ0n) is 28.9. The molecule has 0 aliphatic carbocycles. The van der Waals surface area contributed by atoms with Crippen LogP contribution in [-0.2, 0) is 22.3 Å². The van der Waals surface area contributed by atoms with E-state index in [0.717, 1.165) is 74.9 Å². The summed E-state index contributed by atoms with van der Waals surface area (Å²) >= 11 is 6.04. The van der Waals surface area contributed by atoms with Gasteiger partial charge in [-0.25, -0.2) is 9.97 Å². The molecule has 1 aromatic heterocycles. The summed E-state index contributed by atoms with van der Waals surface area (Å²) in [6.45, 7) is 5.63. The lowest BCUT2D eigenvalue weighted by atomic mass is 9.99. The van der Waals surface area contributed by atoms with E-state index >= 15 is 0 Å². The molecule has 0 bridgehead atoms. The number of amides is 2. The molecule has 0 saturated carbocycles. The van der Waals surface area contributed by atoms with Crippen molar-refractivity contribution in [2.24, 2.45) is 0 Å². The summed E-state index contributed by atoms with van der Waals surface area (Å²) in [7, 11) is 1.67. The van der Waals surface area contributed by atoms with Crippen molar-refractivity contribution in [3.05, 3.63) is 76.1 Å². The van der Waals surface area contributed by atoms with Crippen molar-refractivity contribution in [3.8, 4) is 5.75 Å². The van der Waals surface area contributed by atoms with E-state index in [-0.39, 0.29) is 47.6 Å². The molecule has 0 radical (unpaired) electrons. The average Bonchev–Trinajstić information content (AvgIpc) is 3.11. The fourth-order valence-corrected chi connectivity index (χ4v) is 6.53. The SMILES string of the molecule is COc1ccc(CCC[N+]2(CCCc3ccc(C(=O)NCCOCCOCCO)cc3)CCCC(NC(=O)c3nc(Cl)c(N)nc3N)C2)cc1. The number of nitrogen functional groups attached to an aromatic ring is 2. The quantitative estimate of drug-likeness (QED) is 0.0862. The highest BCUT2D eigenvalue weighted by atomic mass is 35.5. The Kier molecular flexibility index (Phi) is 15.5. The minimum Gasteiger partial charge on any atom is -0.497 e. The van der Waals surface area contributed by atoms with Crippen molar-refractivity contribution in [2.75, 3.05) is 84.3 Å². The maximum absolute atomic E-state index is 13.2. The number of rotatable bonds is 20. The van der Waals surface area contributed by atoms with Crippen LogP contribution in [0.4, 0.5) is 11.6 Å². The Bertz CT molecular complexity index is 1510. The number of ether oxygens (including phenoxy) is 3. The highest BCUT2D eigenvalue weighted by Crippen LogP contribution is 2.24. The monoisotopic (exact) mass is 712 g/mol. The maximum Gasteiger partial charge on any atom is 0.274 e. The van der Waals surface area contributed by atoms with Crippen molar-refractivity contribution in [2.45, 2.75) is 44.6 Å². The van der Waals surface area contributed by atoms with Crippen LogP contribution in [-0.4, -0.2) is 110 Å². The summed E-state index contributed by atoms with van der Waals surface area (Å²) in [5.74, 6) is 0.239. The number of hydrogen-bond acceptors (Lipinski definition) is 10. The van der Waals surface area contributed by atoms with Crippen LogP contribution in [0.5, 0.6) is 5.75 Å². The molecule has 2 amide bonds. The largest absolute Gasteiger partial charge is 0.497 e. The van der Waals surface area contributed by atoms with E-state index in [1.807, 2.05) is 36.4 Å². The number of benzene rings is 2. The number of aryl methyl sites for hydroxylation is 2. The third kappa shape index (κ3) is 12.1. The summed E-state index contributed by atoms with van der Waals surface area (Å²) < 4.78 is 16.8. The second kappa shape index (κ2) is 20.0. The number of aliphatic hydroxyl groups is 1. The molecule has 272 valence electrons. The molecule has 3 aromatic rings. The topological polar surface area (TPSA) is 184 Å². The molecule has 2 aromatic carbocycles. The average molecular weight is 713 g/mol. The van der Waals surface area contributed by atoms with Gasteiger partial charge in [-0.3, -0.25) is 9.59 Å². The van der Waals surface area contributed by atoms with Crippen LogP contribution in [0.15, 0.2) is 48.5 Å². The van der Waals surface area contributed by atoms with Gasteiger partial charge in [0.1, 0.15) is 5.75 Å². The van der Waals surface area contributed by atoms with Gasteiger partial charge >= 0.3 is 0 Å². The summed E-state index contributed by atoms with van der Waals surface area (Å²) in [6, 6.07) is 15.9. The van der Waals surface area contributed by atoms with Gasteiger partial charge < -0.3 is 45.9 Å². The van der Waals surface area contributed by atoms with Crippen LogP contribution in [0.2, 0.25) is 5.15 Å². The number of anilines is 2. The number of carbonyl (C=O) groups is 2. The van der Waals surface area contributed by atoms with Gasteiger partial charge in [-0.15, -0.1) is 0 Å². The van der Waals surface area contributed by atoms with Crippen LogP contribution in [0.1, 0.15) is 57.7 Å². The number of nitrogens with zero attached hydrogens (tertiary/aromatic N) is 3. The van der Waals surface area contributed by atoms with Gasteiger partial charge in [0, 0.05) is 24.9 Å². The first kappa shape index (κ1) is 38.8. The number of carbonyl (C=O) groups excluding carboxylic acids is 2. The molecular formula is C36H51ClN7O6+.